The fourth-order valence-electron chi connectivity index (χ4n) is 2.98. The zero-order valence-corrected chi connectivity index (χ0v) is 14.5. The van der Waals surface area contributed by atoms with Gasteiger partial charge < -0.3 is 15.4 Å². The lowest BCUT2D eigenvalue weighted by Gasteiger charge is -2.15. The van der Waals surface area contributed by atoms with E-state index in [2.05, 4.69) is 10.6 Å². The number of carbonyl (C=O) groups excluding carboxylic acids is 2. The van der Waals surface area contributed by atoms with Crippen LogP contribution in [0.4, 0.5) is 11.4 Å². The Hall–Kier alpha value is -2.66. The first-order valence-electron chi connectivity index (χ1n) is 8.45. The third-order valence-corrected chi connectivity index (χ3v) is 4.37. The zero-order valence-electron chi connectivity index (χ0n) is 14.5. The number of benzene rings is 2. The summed E-state index contributed by atoms with van der Waals surface area (Å²) in [6.45, 7) is 4.51. The number of hydrogen-bond acceptors (Lipinski definition) is 3. The lowest BCUT2D eigenvalue weighted by Crippen LogP contribution is -2.28. The van der Waals surface area contributed by atoms with E-state index in [0.29, 0.717) is 24.3 Å². The molecule has 1 fully saturated rings. The van der Waals surface area contributed by atoms with E-state index in [0.717, 1.165) is 23.2 Å². The van der Waals surface area contributed by atoms with Crippen molar-refractivity contribution in [2.45, 2.75) is 32.8 Å². The van der Waals surface area contributed by atoms with Crippen LogP contribution < -0.4 is 10.6 Å². The van der Waals surface area contributed by atoms with Gasteiger partial charge >= 0.3 is 0 Å². The number of amides is 2. The first kappa shape index (κ1) is 17.2. The van der Waals surface area contributed by atoms with Crippen LogP contribution >= 0.6 is 0 Å². The van der Waals surface area contributed by atoms with Crippen molar-refractivity contribution >= 4 is 23.2 Å². The first-order chi connectivity index (χ1) is 12.1. The van der Waals surface area contributed by atoms with Crippen molar-refractivity contribution in [3.63, 3.8) is 0 Å². The van der Waals surface area contributed by atoms with Crippen LogP contribution in [0.2, 0.25) is 0 Å². The molecule has 2 aromatic carbocycles. The van der Waals surface area contributed by atoms with Crippen LogP contribution in [0.25, 0.3) is 0 Å². The summed E-state index contributed by atoms with van der Waals surface area (Å²) >= 11 is 0. The van der Waals surface area contributed by atoms with Gasteiger partial charge in [-0.25, -0.2) is 0 Å². The van der Waals surface area contributed by atoms with Crippen molar-refractivity contribution in [1.82, 2.24) is 0 Å². The summed E-state index contributed by atoms with van der Waals surface area (Å²) in [5, 5.41) is 5.78. The minimum atomic E-state index is -0.435. The Kier molecular flexibility index (Phi) is 5.14. The average Bonchev–Trinajstić information content (AvgIpc) is 3.13. The minimum absolute atomic E-state index is 0.204. The summed E-state index contributed by atoms with van der Waals surface area (Å²) in [6.07, 6.45) is 1.16. The topological polar surface area (TPSA) is 67.4 Å². The second-order valence-corrected chi connectivity index (χ2v) is 6.26. The fourth-order valence-corrected chi connectivity index (χ4v) is 2.98. The van der Waals surface area contributed by atoms with Crippen molar-refractivity contribution in [1.29, 1.82) is 0 Å². The molecular formula is C20H22N2O3. The van der Waals surface area contributed by atoms with E-state index in [9.17, 15) is 9.59 Å². The van der Waals surface area contributed by atoms with Gasteiger partial charge in [-0.05, 0) is 49.9 Å². The number of para-hydroxylation sites is 2. The molecule has 0 aromatic heterocycles. The first-order valence-corrected chi connectivity index (χ1v) is 8.45. The molecule has 0 saturated carbocycles. The highest BCUT2D eigenvalue weighted by atomic mass is 16.5. The van der Waals surface area contributed by atoms with E-state index < -0.39 is 6.10 Å². The van der Waals surface area contributed by atoms with Crippen LogP contribution in [0.15, 0.2) is 42.5 Å². The molecule has 5 heteroatoms. The van der Waals surface area contributed by atoms with Crippen LogP contribution in [0.1, 0.15) is 34.3 Å². The molecular weight excluding hydrogens is 316 g/mol. The van der Waals surface area contributed by atoms with Gasteiger partial charge in [0.15, 0.2) is 0 Å². The van der Waals surface area contributed by atoms with Crippen LogP contribution in [0.3, 0.4) is 0 Å². The van der Waals surface area contributed by atoms with E-state index in [1.165, 1.54) is 0 Å². The second kappa shape index (κ2) is 7.49. The van der Waals surface area contributed by atoms with Gasteiger partial charge in [-0.3, -0.25) is 9.59 Å². The summed E-state index contributed by atoms with van der Waals surface area (Å²) in [7, 11) is 0. The maximum absolute atomic E-state index is 12.7. The van der Waals surface area contributed by atoms with Crippen LogP contribution in [-0.2, 0) is 9.53 Å². The maximum atomic E-state index is 12.7. The van der Waals surface area contributed by atoms with Crippen LogP contribution in [0, 0.1) is 13.8 Å². The lowest BCUT2D eigenvalue weighted by atomic mass is 10.1. The highest BCUT2D eigenvalue weighted by Gasteiger charge is 2.24. The number of ether oxygens (including phenoxy) is 1. The van der Waals surface area contributed by atoms with Crippen molar-refractivity contribution < 1.29 is 14.3 Å². The van der Waals surface area contributed by atoms with E-state index in [1.54, 1.807) is 24.3 Å². The average molecular weight is 338 g/mol. The fraction of sp³-hybridized carbons (Fsp3) is 0.300. The molecule has 5 nitrogen and oxygen atoms in total. The standard InChI is InChI=1S/C20H22N2O3/c1-13-7-5-8-14(2)18(13)22-19(23)15-9-3-4-10-16(15)21-20(24)17-11-6-12-25-17/h3-5,7-10,17H,6,11-12H2,1-2H3,(H,21,24)(H,22,23)/t17-/m0/s1. The third kappa shape index (κ3) is 3.88. The minimum Gasteiger partial charge on any atom is -0.368 e. The lowest BCUT2D eigenvalue weighted by molar-refractivity contribution is -0.124. The van der Waals surface area contributed by atoms with Gasteiger partial charge in [-0.2, -0.15) is 0 Å². The molecule has 1 aliphatic rings. The Bertz CT molecular complexity index is 775. The Morgan fingerprint density at radius 2 is 1.72 bits per heavy atom. The molecule has 2 amide bonds. The van der Waals surface area contributed by atoms with Crippen molar-refractivity contribution in [2.75, 3.05) is 17.2 Å². The summed E-state index contributed by atoms with van der Waals surface area (Å²) in [6, 6.07) is 12.9. The monoisotopic (exact) mass is 338 g/mol. The van der Waals surface area contributed by atoms with Gasteiger partial charge in [-0.1, -0.05) is 30.3 Å². The second-order valence-electron chi connectivity index (χ2n) is 6.26. The van der Waals surface area contributed by atoms with E-state index in [-0.39, 0.29) is 11.8 Å². The number of aryl methyl sites for hydroxylation is 2. The molecule has 0 radical (unpaired) electrons. The van der Waals surface area contributed by atoms with Crippen LogP contribution in [-0.4, -0.2) is 24.5 Å². The van der Waals surface area contributed by atoms with Gasteiger partial charge in [-0.15, -0.1) is 0 Å². The Morgan fingerprint density at radius 3 is 2.40 bits per heavy atom. The molecule has 1 atom stereocenters. The molecule has 1 aliphatic heterocycles. The molecule has 130 valence electrons. The highest BCUT2D eigenvalue weighted by molar-refractivity contribution is 6.11. The molecule has 0 spiro atoms. The number of carbonyl (C=O) groups is 2. The molecule has 1 saturated heterocycles. The van der Waals surface area contributed by atoms with Crippen molar-refractivity contribution in [3.8, 4) is 0 Å². The van der Waals surface area contributed by atoms with Crippen LogP contribution in [0.5, 0.6) is 0 Å². The number of rotatable bonds is 4. The SMILES string of the molecule is Cc1cccc(C)c1NC(=O)c1ccccc1NC(=O)[C@@H]1CCCO1. The van der Waals surface area contributed by atoms with Crippen molar-refractivity contribution in [2.24, 2.45) is 0 Å². The molecule has 1 heterocycles. The molecule has 0 aliphatic carbocycles. The van der Waals surface area contributed by atoms with Gasteiger partial charge in [0, 0.05) is 12.3 Å². The third-order valence-electron chi connectivity index (χ3n) is 4.37. The normalized spacial score (nSPS) is 16.5. The molecule has 3 rings (SSSR count). The predicted molar refractivity (Wildman–Crippen MR) is 97.9 cm³/mol. The van der Waals surface area contributed by atoms with Crippen molar-refractivity contribution in [3.05, 3.63) is 59.2 Å². The summed E-state index contributed by atoms with van der Waals surface area (Å²) in [4.78, 5) is 25.0. The Morgan fingerprint density at radius 1 is 1.00 bits per heavy atom. The summed E-state index contributed by atoms with van der Waals surface area (Å²) in [5.74, 6) is -0.453. The largest absolute Gasteiger partial charge is 0.368 e. The van der Waals surface area contributed by atoms with E-state index in [1.807, 2.05) is 32.0 Å². The van der Waals surface area contributed by atoms with Gasteiger partial charge in [0.05, 0.1) is 11.3 Å². The molecule has 2 aromatic rings. The zero-order chi connectivity index (χ0) is 17.8. The Balaban J connectivity index is 1.80. The Labute approximate surface area is 147 Å². The predicted octanol–water partition coefficient (Wildman–Crippen LogP) is 3.67. The molecule has 25 heavy (non-hydrogen) atoms. The molecule has 0 unspecified atom stereocenters. The van der Waals surface area contributed by atoms with E-state index in [4.69, 9.17) is 4.74 Å². The van der Waals surface area contributed by atoms with Gasteiger partial charge in [0.2, 0.25) is 0 Å². The number of anilines is 2. The maximum Gasteiger partial charge on any atom is 0.257 e. The molecule has 2 N–H and O–H groups in total. The highest BCUT2D eigenvalue weighted by Crippen LogP contribution is 2.23. The van der Waals surface area contributed by atoms with E-state index >= 15 is 0 Å². The summed E-state index contributed by atoms with van der Waals surface area (Å²) in [5.41, 5.74) is 3.71. The molecule has 0 bridgehead atoms. The summed E-state index contributed by atoms with van der Waals surface area (Å²) < 4.78 is 5.40. The van der Waals surface area contributed by atoms with Gasteiger partial charge in [0.25, 0.3) is 11.8 Å². The smallest absolute Gasteiger partial charge is 0.257 e. The number of hydrogen-bond donors (Lipinski definition) is 2. The van der Waals surface area contributed by atoms with Gasteiger partial charge in [0.1, 0.15) is 6.10 Å². The number of nitrogens with one attached hydrogen (secondary N) is 2. The quantitative estimate of drug-likeness (QED) is 0.894.